The van der Waals surface area contributed by atoms with Gasteiger partial charge in [-0.2, -0.15) is 0 Å². The van der Waals surface area contributed by atoms with Crippen molar-refractivity contribution in [2.24, 2.45) is 0 Å². The van der Waals surface area contributed by atoms with E-state index >= 15 is 0 Å². The predicted molar refractivity (Wildman–Crippen MR) is 71.3 cm³/mol. The van der Waals surface area contributed by atoms with Gasteiger partial charge in [0.15, 0.2) is 0 Å². The quantitative estimate of drug-likeness (QED) is 0.839. The molecule has 88 valence electrons. The van der Waals surface area contributed by atoms with E-state index in [-0.39, 0.29) is 0 Å². The molecule has 0 unspecified atom stereocenters. The lowest BCUT2D eigenvalue weighted by molar-refractivity contribution is 0.466. The first kappa shape index (κ1) is 11.7. The number of benzene rings is 2. The molecule has 0 aliphatic carbocycles. The fraction of sp³-hybridized carbons (Fsp3) is 0.250. The first-order valence-corrected chi connectivity index (χ1v) is 6.08. The number of rotatable bonds is 4. The number of phenols is 1. The molecule has 0 saturated carbocycles. The average Bonchev–Trinajstić information content (AvgIpc) is 2.33. The summed E-state index contributed by atoms with van der Waals surface area (Å²) < 4.78 is 0. The van der Waals surface area contributed by atoms with Crippen molar-refractivity contribution in [3.05, 3.63) is 65.2 Å². The highest BCUT2D eigenvalue weighted by molar-refractivity contribution is 5.36. The maximum atomic E-state index is 9.79. The van der Waals surface area contributed by atoms with Crippen LogP contribution in [0.15, 0.2) is 48.5 Å². The van der Waals surface area contributed by atoms with Crippen LogP contribution >= 0.6 is 0 Å². The third-order valence-electron chi connectivity index (χ3n) is 3.00. The lowest BCUT2D eigenvalue weighted by Gasteiger charge is -2.05. The molecule has 0 spiro atoms. The van der Waals surface area contributed by atoms with Crippen LogP contribution in [0.3, 0.4) is 0 Å². The van der Waals surface area contributed by atoms with Crippen molar-refractivity contribution in [1.82, 2.24) is 0 Å². The number of phenolic OH excluding ortho intramolecular Hbond substituents is 1. The molecule has 0 radical (unpaired) electrons. The largest absolute Gasteiger partial charge is 0.508 e. The molecule has 0 saturated heterocycles. The molecule has 2 aromatic rings. The molecule has 0 heterocycles. The van der Waals surface area contributed by atoms with Gasteiger partial charge >= 0.3 is 0 Å². The molecule has 0 aliphatic heterocycles. The van der Waals surface area contributed by atoms with Gasteiger partial charge in [-0.05, 0) is 48.9 Å². The van der Waals surface area contributed by atoms with Gasteiger partial charge in [0.1, 0.15) is 5.75 Å². The second kappa shape index (κ2) is 5.53. The Morgan fingerprint density at radius 3 is 2.41 bits per heavy atom. The van der Waals surface area contributed by atoms with E-state index in [1.54, 1.807) is 0 Å². The molecule has 0 bridgehead atoms. The van der Waals surface area contributed by atoms with Crippen LogP contribution in [0.1, 0.15) is 23.1 Å². The van der Waals surface area contributed by atoms with Crippen LogP contribution in [0.5, 0.6) is 5.75 Å². The zero-order chi connectivity index (χ0) is 12.1. The van der Waals surface area contributed by atoms with Crippen LogP contribution < -0.4 is 0 Å². The monoisotopic (exact) mass is 226 g/mol. The first-order chi connectivity index (χ1) is 8.25. The van der Waals surface area contributed by atoms with Crippen LogP contribution in [0.4, 0.5) is 0 Å². The summed E-state index contributed by atoms with van der Waals surface area (Å²) >= 11 is 0. The summed E-state index contributed by atoms with van der Waals surface area (Å²) in [5.74, 6) is 0.429. The molecule has 0 aliphatic rings. The van der Waals surface area contributed by atoms with E-state index in [1.807, 2.05) is 25.1 Å². The van der Waals surface area contributed by atoms with Gasteiger partial charge in [0.25, 0.3) is 0 Å². The van der Waals surface area contributed by atoms with Crippen LogP contribution in [0.2, 0.25) is 0 Å². The molecule has 1 nitrogen and oxygen atoms in total. The number of aromatic hydroxyl groups is 1. The van der Waals surface area contributed by atoms with Crippen molar-refractivity contribution in [3.63, 3.8) is 0 Å². The van der Waals surface area contributed by atoms with Crippen LogP contribution in [-0.2, 0) is 12.8 Å². The molecular weight excluding hydrogens is 208 g/mol. The Hall–Kier alpha value is -1.76. The normalized spacial score (nSPS) is 10.4. The molecule has 0 fully saturated rings. The summed E-state index contributed by atoms with van der Waals surface area (Å²) in [5, 5.41) is 9.79. The van der Waals surface area contributed by atoms with E-state index in [9.17, 15) is 5.11 Å². The molecule has 1 N–H and O–H groups in total. The van der Waals surface area contributed by atoms with Gasteiger partial charge in [0, 0.05) is 0 Å². The first-order valence-electron chi connectivity index (χ1n) is 6.08. The smallest absolute Gasteiger partial charge is 0.119 e. The number of aryl methyl sites for hydroxylation is 3. The maximum absolute atomic E-state index is 9.79. The SMILES string of the molecule is Cc1ccc(CCCc2ccccc2)c(O)c1. The summed E-state index contributed by atoms with van der Waals surface area (Å²) in [6, 6.07) is 16.4. The molecule has 2 rings (SSSR count). The van der Waals surface area contributed by atoms with Crippen LogP contribution in [0.25, 0.3) is 0 Å². The lowest BCUT2D eigenvalue weighted by atomic mass is 10.0. The highest BCUT2D eigenvalue weighted by atomic mass is 16.3. The van der Waals surface area contributed by atoms with Crippen LogP contribution in [-0.4, -0.2) is 5.11 Å². The lowest BCUT2D eigenvalue weighted by Crippen LogP contribution is -1.91. The fourth-order valence-electron chi connectivity index (χ4n) is 2.01. The van der Waals surface area contributed by atoms with E-state index in [1.165, 1.54) is 5.56 Å². The summed E-state index contributed by atoms with van der Waals surface area (Å²) in [4.78, 5) is 0. The summed E-state index contributed by atoms with van der Waals surface area (Å²) in [7, 11) is 0. The Labute approximate surface area is 103 Å². The Morgan fingerprint density at radius 2 is 1.71 bits per heavy atom. The van der Waals surface area contributed by atoms with Gasteiger partial charge in [-0.15, -0.1) is 0 Å². The highest BCUT2D eigenvalue weighted by Crippen LogP contribution is 2.20. The van der Waals surface area contributed by atoms with E-state index in [2.05, 4.69) is 30.3 Å². The minimum atomic E-state index is 0.429. The Kier molecular flexibility index (Phi) is 3.81. The minimum absolute atomic E-state index is 0.429. The molecule has 0 amide bonds. The maximum Gasteiger partial charge on any atom is 0.119 e. The van der Waals surface area contributed by atoms with Crippen molar-refractivity contribution in [3.8, 4) is 5.75 Å². The van der Waals surface area contributed by atoms with Crippen LogP contribution in [0, 0.1) is 6.92 Å². The predicted octanol–water partition coefficient (Wildman–Crippen LogP) is 3.88. The summed E-state index contributed by atoms with van der Waals surface area (Å²) in [5.41, 5.74) is 3.51. The number of hydrogen-bond donors (Lipinski definition) is 1. The summed E-state index contributed by atoms with van der Waals surface area (Å²) in [6.45, 7) is 1.99. The molecule has 0 atom stereocenters. The van der Waals surface area contributed by atoms with Gasteiger partial charge in [0.05, 0.1) is 0 Å². The fourth-order valence-corrected chi connectivity index (χ4v) is 2.01. The van der Waals surface area contributed by atoms with Crippen molar-refractivity contribution in [2.45, 2.75) is 26.2 Å². The van der Waals surface area contributed by atoms with Gasteiger partial charge < -0.3 is 5.11 Å². The standard InChI is InChI=1S/C16H18O/c1-13-10-11-15(16(17)12-13)9-5-8-14-6-3-2-4-7-14/h2-4,6-7,10-12,17H,5,8-9H2,1H3. The molecular formula is C16H18O. The third-order valence-corrected chi connectivity index (χ3v) is 3.00. The van der Waals surface area contributed by atoms with Crippen molar-refractivity contribution >= 4 is 0 Å². The number of hydrogen-bond acceptors (Lipinski definition) is 1. The van der Waals surface area contributed by atoms with E-state index in [0.29, 0.717) is 5.75 Å². The Bertz CT molecular complexity index is 474. The van der Waals surface area contributed by atoms with Crippen molar-refractivity contribution in [1.29, 1.82) is 0 Å². The van der Waals surface area contributed by atoms with Gasteiger partial charge in [0.2, 0.25) is 0 Å². The van der Waals surface area contributed by atoms with Crippen molar-refractivity contribution in [2.75, 3.05) is 0 Å². The van der Waals surface area contributed by atoms with E-state index < -0.39 is 0 Å². The van der Waals surface area contributed by atoms with E-state index in [4.69, 9.17) is 0 Å². The van der Waals surface area contributed by atoms with Crippen molar-refractivity contribution < 1.29 is 5.11 Å². The van der Waals surface area contributed by atoms with Gasteiger partial charge in [-0.3, -0.25) is 0 Å². The zero-order valence-electron chi connectivity index (χ0n) is 10.2. The third kappa shape index (κ3) is 3.35. The molecule has 2 aromatic carbocycles. The Morgan fingerprint density at radius 1 is 0.941 bits per heavy atom. The van der Waals surface area contributed by atoms with Gasteiger partial charge in [-0.1, -0.05) is 42.5 Å². The second-order valence-electron chi connectivity index (χ2n) is 4.47. The highest BCUT2D eigenvalue weighted by Gasteiger charge is 2.01. The summed E-state index contributed by atoms with van der Waals surface area (Å²) in [6.07, 6.45) is 3.07. The molecule has 17 heavy (non-hydrogen) atoms. The second-order valence-corrected chi connectivity index (χ2v) is 4.47. The molecule has 1 heteroatoms. The Balaban J connectivity index is 1.90. The topological polar surface area (TPSA) is 20.2 Å². The average molecular weight is 226 g/mol. The minimum Gasteiger partial charge on any atom is -0.508 e. The van der Waals surface area contributed by atoms with Gasteiger partial charge in [-0.25, -0.2) is 0 Å². The molecule has 0 aromatic heterocycles. The van der Waals surface area contributed by atoms with E-state index in [0.717, 1.165) is 30.4 Å². The zero-order valence-corrected chi connectivity index (χ0v) is 10.2.